The summed E-state index contributed by atoms with van der Waals surface area (Å²) in [6, 6.07) is 0. The number of rotatable bonds is 9. The molecule has 0 saturated carbocycles. The molecule has 0 aromatic rings. The third-order valence-electron chi connectivity index (χ3n) is 2.20. The second kappa shape index (κ2) is 9.86. The zero-order valence-electron chi connectivity index (χ0n) is 9.59. The Kier molecular flexibility index (Phi) is 10.3. The molecule has 3 nitrogen and oxygen atoms in total. The average Bonchev–Trinajstić information content (AvgIpc) is 2.13. The van der Waals surface area contributed by atoms with E-state index in [0.29, 0.717) is 6.61 Å². The van der Waals surface area contributed by atoms with Crippen molar-refractivity contribution < 1.29 is 14.3 Å². The van der Waals surface area contributed by atoms with E-state index in [2.05, 4.69) is 26.5 Å². The standard InChI is InChI=1S/C10H23O3PS/c1-9(2)6-4-3-5-7-10(15)8-13-14(11)12/h9-12,15H,3-8H2,1-2H3. The van der Waals surface area contributed by atoms with Crippen molar-refractivity contribution >= 4 is 21.2 Å². The van der Waals surface area contributed by atoms with Crippen LogP contribution in [0.15, 0.2) is 0 Å². The maximum Gasteiger partial charge on any atom is 0.327 e. The first-order valence-corrected chi connectivity index (χ1v) is 7.19. The van der Waals surface area contributed by atoms with Gasteiger partial charge in [-0.05, 0) is 12.3 Å². The van der Waals surface area contributed by atoms with Gasteiger partial charge in [-0.15, -0.1) is 0 Å². The molecule has 0 aromatic heterocycles. The maximum atomic E-state index is 8.54. The molecular formula is C10H23O3PS. The van der Waals surface area contributed by atoms with Crippen LogP contribution in [0.5, 0.6) is 0 Å². The maximum absolute atomic E-state index is 8.54. The lowest BCUT2D eigenvalue weighted by Crippen LogP contribution is -2.07. The summed E-state index contributed by atoms with van der Waals surface area (Å²) in [5, 5.41) is 0.119. The molecule has 0 rings (SSSR count). The minimum atomic E-state index is -2.21. The van der Waals surface area contributed by atoms with Crippen molar-refractivity contribution in [1.29, 1.82) is 0 Å². The lowest BCUT2D eigenvalue weighted by molar-refractivity contribution is 0.252. The van der Waals surface area contributed by atoms with Crippen LogP contribution in [0.4, 0.5) is 0 Å². The van der Waals surface area contributed by atoms with Crippen molar-refractivity contribution in [1.82, 2.24) is 0 Å². The van der Waals surface area contributed by atoms with Crippen LogP contribution in [0.25, 0.3) is 0 Å². The summed E-state index contributed by atoms with van der Waals surface area (Å²) in [6.45, 7) is 4.80. The smallest absolute Gasteiger partial charge is 0.327 e. The fraction of sp³-hybridized carbons (Fsp3) is 1.00. The van der Waals surface area contributed by atoms with Crippen LogP contribution in [-0.2, 0) is 4.52 Å². The summed E-state index contributed by atoms with van der Waals surface area (Å²) in [5.74, 6) is 0.785. The summed E-state index contributed by atoms with van der Waals surface area (Å²) in [6.07, 6.45) is 5.89. The fourth-order valence-electron chi connectivity index (χ4n) is 1.35. The van der Waals surface area contributed by atoms with Crippen LogP contribution in [-0.4, -0.2) is 21.6 Å². The number of unbranched alkanes of at least 4 members (excludes halogenated alkanes) is 2. The Hall–Kier alpha value is 0.660. The Labute approximate surface area is 99.6 Å². The molecule has 0 heterocycles. The molecule has 1 atom stereocenters. The van der Waals surface area contributed by atoms with Crippen molar-refractivity contribution in [3.8, 4) is 0 Å². The van der Waals surface area contributed by atoms with Crippen LogP contribution in [0, 0.1) is 5.92 Å². The fourth-order valence-corrected chi connectivity index (χ4v) is 2.03. The van der Waals surface area contributed by atoms with E-state index in [1.807, 2.05) is 0 Å². The highest BCUT2D eigenvalue weighted by Crippen LogP contribution is 2.25. The highest BCUT2D eigenvalue weighted by Gasteiger charge is 2.06. The van der Waals surface area contributed by atoms with Crippen LogP contribution in [0.2, 0.25) is 0 Å². The Balaban J connectivity index is 3.20. The molecular weight excluding hydrogens is 231 g/mol. The predicted octanol–water partition coefficient (Wildman–Crippen LogP) is 3.12. The molecule has 0 spiro atoms. The van der Waals surface area contributed by atoms with Gasteiger partial charge in [-0.2, -0.15) is 12.6 Å². The Morgan fingerprint density at radius 2 is 1.73 bits per heavy atom. The van der Waals surface area contributed by atoms with Gasteiger partial charge in [0.2, 0.25) is 0 Å². The zero-order valence-corrected chi connectivity index (χ0v) is 11.4. The minimum Gasteiger partial charge on any atom is -0.328 e. The van der Waals surface area contributed by atoms with Gasteiger partial charge in [0, 0.05) is 5.25 Å². The van der Waals surface area contributed by atoms with Crippen molar-refractivity contribution in [2.75, 3.05) is 6.61 Å². The summed E-state index contributed by atoms with van der Waals surface area (Å²) < 4.78 is 4.70. The van der Waals surface area contributed by atoms with Crippen molar-refractivity contribution in [3.63, 3.8) is 0 Å². The van der Waals surface area contributed by atoms with Crippen LogP contribution < -0.4 is 0 Å². The molecule has 0 aliphatic heterocycles. The number of hydrogen-bond donors (Lipinski definition) is 3. The summed E-state index contributed by atoms with van der Waals surface area (Å²) in [5.41, 5.74) is 0. The van der Waals surface area contributed by atoms with Gasteiger partial charge in [0.25, 0.3) is 0 Å². The lowest BCUT2D eigenvalue weighted by Gasteiger charge is -2.11. The Bertz CT molecular complexity index is 145. The van der Waals surface area contributed by atoms with Crippen LogP contribution in [0.1, 0.15) is 46.0 Å². The topological polar surface area (TPSA) is 49.7 Å². The molecule has 0 fully saturated rings. The van der Waals surface area contributed by atoms with E-state index in [4.69, 9.17) is 14.3 Å². The van der Waals surface area contributed by atoms with E-state index in [1.165, 1.54) is 19.3 Å². The Morgan fingerprint density at radius 3 is 2.27 bits per heavy atom. The SMILES string of the molecule is CC(C)CCCCCC(S)COP(O)O. The minimum absolute atomic E-state index is 0.119. The van der Waals surface area contributed by atoms with E-state index in [1.54, 1.807) is 0 Å². The molecule has 1 unspecified atom stereocenters. The van der Waals surface area contributed by atoms with Gasteiger partial charge in [0.05, 0.1) is 6.61 Å². The molecule has 0 radical (unpaired) electrons. The normalized spacial score (nSPS) is 13.8. The highest BCUT2D eigenvalue weighted by atomic mass is 32.1. The van der Waals surface area contributed by atoms with E-state index in [-0.39, 0.29) is 5.25 Å². The van der Waals surface area contributed by atoms with E-state index in [0.717, 1.165) is 18.8 Å². The first kappa shape index (κ1) is 15.7. The second-order valence-electron chi connectivity index (χ2n) is 4.23. The average molecular weight is 254 g/mol. The predicted molar refractivity (Wildman–Crippen MR) is 68.0 cm³/mol. The van der Waals surface area contributed by atoms with Gasteiger partial charge in [0.1, 0.15) is 0 Å². The third kappa shape index (κ3) is 12.6. The largest absolute Gasteiger partial charge is 0.328 e. The van der Waals surface area contributed by atoms with Gasteiger partial charge < -0.3 is 14.3 Å². The molecule has 0 aliphatic carbocycles. The molecule has 0 amide bonds. The molecule has 0 aliphatic rings. The molecule has 5 heteroatoms. The van der Waals surface area contributed by atoms with Gasteiger partial charge in [-0.1, -0.05) is 39.5 Å². The molecule has 92 valence electrons. The van der Waals surface area contributed by atoms with Crippen molar-refractivity contribution in [3.05, 3.63) is 0 Å². The van der Waals surface area contributed by atoms with Crippen LogP contribution >= 0.6 is 21.2 Å². The molecule has 15 heavy (non-hydrogen) atoms. The summed E-state index contributed by atoms with van der Waals surface area (Å²) >= 11 is 4.31. The van der Waals surface area contributed by atoms with Gasteiger partial charge in [-0.25, -0.2) is 0 Å². The zero-order chi connectivity index (χ0) is 11.7. The van der Waals surface area contributed by atoms with Gasteiger partial charge >= 0.3 is 8.60 Å². The summed E-state index contributed by atoms with van der Waals surface area (Å²) in [7, 11) is -2.21. The van der Waals surface area contributed by atoms with Crippen molar-refractivity contribution in [2.45, 2.75) is 51.2 Å². The molecule has 0 aromatic carbocycles. The first-order chi connectivity index (χ1) is 7.02. The van der Waals surface area contributed by atoms with Gasteiger partial charge in [-0.3, -0.25) is 0 Å². The van der Waals surface area contributed by atoms with Crippen LogP contribution in [0.3, 0.4) is 0 Å². The monoisotopic (exact) mass is 254 g/mol. The summed E-state index contributed by atoms with van der Waals surface area (Å²) in [4.78, 5) is 17.1. The lowest BCUT2D eigenvalue weighted by atomic mass is 10.0. The molecule has 0 saturated heterocycles. The first-order valence-electron chi connectivity index (χ1n) is 5.51. The van der Waals surface area contributed by atoms with Gasteiger partial charge in [0.15, 0.2) is 0 Å². The Morgan fingerprint density at radius 1 is 1.13 bits per heavy atom. The third-order valence-corrected chi connectivity index (χ3v) is 2.99. The number of thiol groups is 1. The number of hydrogen-bond acceptors (Lipinski definition) is 4. The molecule has 2 N–H and O–H groups in total. The van der Waals surface area contributed by atoms with E-state index >= 15 is 0 Å². The molecule has 0 bridgehead atoms. The van der Waals surface area contributed by atoms with E-state index in [9.17, 15) is 0 Å². The quantitative estimate of drug-likeness (QED) is 0.336. The second-order valence-corrected chi connectivity index (χ2v) is 5.73. The highest BCUT2D eigenvalue weighted by molar-refractivity contribution is 7.81. The van der Waals surface area contributed by atoms with E-state index < -0.39 is 8.60 Å². The van der Waals surface area contributed by atoms with Crippen molar-refractivity contribution in [2.24, 2.45) is 5.92 Å².